The SMILES string of the molecule is CCCCCCCCC(=O)OCC(COC(=O)CCCCCCCC)CC(=O)OC[C@@H]1C[C@H](COC(=O)CC(COC(=O)CCCCCCCC)COC(=O)CCCCCCCC)N1. The fraction of sp³-hybridized carbons (Fsp3) is 0.882. The van der Waals surface area contributed by atoms with Crippen molar-refractivity contribution in [3.8, 4) is 0 Å². The minimum Gasteiger partial charge on any atom is -0.465 e. The Morgan fingerprint density at radius 2 is 0.594 bits per heavy atom. The van der Waals surface area contributed by atoms with E-state index in [4.69, 9.17) is 28.4 Å². The molecule has 0 saturated carbocycles. The zero-order chi connectivity index (χ0) is 46.9. The van der Waals surface area contributed by atoms with E-state index >= 15 is 0 Å². The molecule has 1 N–H and O–H groups in total. The molecular formula is C51H91NO12. The van der Waals surface area contributed by atoms with E-state index in [2.05, 4.69) is 33.0 Å². The Balaban J connectivity index is 2.54. The normalized spacial score (nSPS) is 14.5. The van der Waals surface area contributed by atoms with Crippen LogP contribution in [0, 0.1) is 11.8 Å². The van der Waals surface area contributed by atoms with Gasteiger partial charge in [-0.3, -0.25) is 28.8 Å². The largest absolute Gasteiger partial charge is 0.465 e. The smallest absolute Gasteiger partial charge is 0.306 e. The van der Waals surface area contributed by atoms with Crippen LogP contribution < -0.4 is 5.32 Å². The number of ether oxygens (including phenoxy) is 6. The molecule has 1 heterocycles. The molecule has 13 heteroatoms. The molecule has 2 atom stereocenters. The molecule has 1 aliphatic heterocycles. The highest BCUT2D eigenvalue weighted by Gasteiger charge is 2.31. The van der Waals surface area contributed by atoms with Crippen LogP contribution >= 0.6 is 0 Å². The highest BCUT2D eigenvalue weighted by atomic mass is 16.6. The van der Waals surface area contributed by atoms with Crippen LogP contribution in [0.2, 0.25) is 0 Å². The zero-order valence-corrected chi connectivity index (χ0v) is 40.9. The van der Waals surface area contributed by atoms with Crippen LogP contribution in [0.3, 0.4) is 0 Å². The van der Waals surface area contributed by atoms with Crippen LogP contribution in [0.25, 0.3) is 0 Å². The Morgan fingerprint density at radius 3 is 0.844 bits per heavy atom. The fourth-order valence-corrected chi connectivity index (χ4v) is 7.52. The summed E-state index contributed by atoms with van der Waals surface area (Å²) in [6.45, 7) is 8.75. The van der Waals surface area contributed by atoms with Crippen LogP contribution in [0.1, 0.15) is 227 Å². The number of hydrogen-bond donors (Lipinski definition) is 1. The first kappa shape index (κ1) is 58.8. The lowest BCUT2D eigenvalue weighted by Crippen LogP contribution is -2.57. The van der Waals surface area contributed by atoms with Crippen molar-refractivity contribution in [1.82, 2.24) is 5.32 Å². The molecule has 1 fully saturated rings. The van der Waals surface area contributed by atoms with Crippen LogP contribution in [-0.4, -0.2) is 87.5 Å². The molecule has 0 unspecified atom stereocenters. The third-order valence-electron chi connectivity index (χ3n) is 11.7. The molecule has 0 amide bonds. The Labute approximate surface area is 387 Å². The molecule has 0 aromatic carbocycles. The van der Waals surface area contributed by atoms with Gasteiger partial charge in [-0.2, -0.15) is 0 Å². The number of unbranched alkanes of at least 4 members (excludes halogenated alkanes) is 20. The van der Waals surface area contributed by atoms with Crippen molar-refractivity contribution in [1.29, 1.82) is 0 Å². The van der Waals surface area contributed by atoms with Gasteiger partial charge in [-0.1, -0.05) is 156 Å². The molecule has 0 aromatic heterocycles. The summed E-state index contributed by atoms with van der Waals surface area (Å²) in [7, 11) is 0. The van der Waals surface area contributed by atoms with Gasteiger partial charge in [0.15, 0.2) is 0 Å². The van der Waals surface area contributed by atoms with Crippen LogP contribution in [0.15, 0.2) is 0 Å². The molecule has 13 nitrogen and oxygen atoms in total. The summed E-state index contributed by atoms with van der Waals surface area (Å²) >= 11 is 0. The predicted molar refractivity (Wildman–Crippen MR) is 249 cm³/mol. The highest BCUT2D eigenvalue weighted by Crippen LogP contribution is 2.18. The second-order valence-corrected chi connectivity index (χ2v) is 18.1. The van der Waals surface area contributed by atoms with E-state index in [0.29, 0.717) is 32.1 Å². The first-order chi connectivity index (χ1) is 31.1. The van der Waals surface area contributed by atoms with Gasteiger partial charge in [0, 0.05) is 49.6 Å². The maximum absolute atomic E-state index is 12.9. The average molecular weight is 910 g/mol. The number of hydrogen-bond acceptors (Lipinski definition) is 13. The van der Waals surface area contributed by atoms with Crippen molar-refractivity contribution in [2.75, 3.05) is 39.6 Å². The Kier molecular flexibility index (Phi) is 37.9. The summed E-state index contributed by atoms with van der Waals surface area (Å²) in [6.07, 6.45) is 27.0. The first-order valence-corrected chi connectivity index (χ1v) is 25.8. The molecule has 1 saturated heterocycles. The Bertz CT molecular complexity index is 1070. The fourth-order valence-electron chi connectivity index (χ4n) is 7.52. The summed E-state index contributed by atoms with van der Waals surface area (Å²) in [5, 5.41) is 3.27. The molecule has 0 aliphatic carbocycles. The minimum absolute atomic E-state index is 0.0344. The van der Waals surface area contributed by atoms with Crippen molar-refractivity contribution in [2.24, 2.45) is 11.8 Å². The van der Waals surface area contributed by atoms with E-state index in [1.807, 2.05) is 0 Å². The summed E-state index contributed by atoms with van der Waals surface area (Å²) in [5.74, 6) is -3.29. The summed E-state index contributed by atoms with van der Waals surface area (Å²) in [6, 6.07) is -0.248. The molecule has 64 heavy (non-hydrogen) atoms. The third-order valence-corrected chi connectivity index (χ3v) is 11.7. The van der Waals surface area contributed by atoms with Crippen molar-refractivity contribution in [3.63, 3.8) is 0 Å². The minimum atomic E-state index is -0.521. The lowest BCUT2D eigenvalue weighted by molar-refractivity contribution is -0.156. The van der Waals surface area contributed by atoms with Crippen molar-refractivity contribution in [2.45, 2.75) is 239 Å². The van der Waals surface area contributed by atoms with Crippen molar-refractivity contribution >= 4 is 35.8 Å². The molecule has 0 bridgehead atoms. The van der Waals surface area contributed by atoms with Gasteiger partial charge in [0.25, 0.3) is 0 Å². The van der Waals surface area contributed by atoms with Crippen molar-refractivity contribution in [3.05, 3.63) is 0 Å². The molecular weight excluding hydrogens is 819 g/mol. The van der Waals surface area contributed by atoms with E-state index in [-0.39, 0.29) is 88.4 Å². The standard InChI is InChI=1S/C51H91NO12/c1-5-9-13-17-21-25-29-46(53)59-36-42(37-60-47(54)30-26-22-18-14-10-6-2)33-50(57)63-40-44-35-45(52-44)41-64-51(58)34-43(38-61-48(55)31-27-23-19-15-11-7-3)39-62-49(56)32-28-24-20-16-12-8-4/h42-45,52H,5-41H2,1-4H3/t44-,45+. The van der Waals surface area contributed by atoms with E-state index in [1.54, 1.807) is 0 Å². The molecule has 0 radical (unpaired) electrons. The predicted octanol–water partition coefficient (Wildman–Crippen LogP) is 11.0. The Morgan fingerprint density at radius 1 is 0.359 bits per heavy atom. The van der Waals surface area contributed by atoms with Gasteiger partial charge < -0.3 is 33.7 Å². The van der Waals surface area contributed by atoms with Gasteiger partial charge in [-0.25, -0.2) is 0 Å². The Hall–Kier alpha value is -3.22. The highest BCUT2D eigenvalue weighted by molar-refractivity contribution is 5.72. The number of esters is 6. The van der Waals surface area contributed by atoms with Crippen LogP contribution in [0.4, 0.5) is 0 Å². The van der Waals surface area contributed by atoms with Crippen LogP contribution in [0.5, 0.6) is 0 Å². The van der Waals surface area contributed by atoms with E-state index in [0.717, 1.165) is 128 Å². The van der Waals surface area contributed by atoms with Gasteiger partial charge in [0.1, 0.15) is 13.2 Å². The lowest BCUT2D eigenvalue weighted by atomic mass is 9.98. The zero-order valence-electron chi connectivity index (χ0n) is 40.9. The quantitative estimate of drug-likeness (QED) is 0.0348. The maximum atomic E-state index is 12.9. The van der Waals surface area contributed by atoms with Gasteiger partial charge in [0.2, 0.25) is 0 Å². The monoisotopic (exact) mass is 910 g/mol. The second kappa shape index (κ2) is 41.2. The van der Waals surface area contributed by atoms with Gasteiger partial charge >= 0.3 is 35.8 Å². The van der Waals surface area contributed by atoms with E-state index in [1.165, 1.54) is 25.7 Å². The third kappa shape index (κ3) is 35.1. The first-order valence-electron chi connectivity index (χ1n) is 25.8. The number of nitrogens with one attached hydrogen (secondary N) is 1. The van der Waals surface area contributed by atoms with Gasteiger partial charge in [0.05, 0.1) is 39.3 Å². The molecule has 372 valence electrons. The summed E-state index contributed by atoms with van der Waals surface area (Å²) < 4.78 is 33.1. The van der Waals surface area contributed by atoms with Crippen LogP contribution in [-0.2, 0) is 57.2 Å². The molecule has 0 aromatic rings. The number of carbonyl (C=O) groups excluding carboxylic acids is 6. The van der Waals surface area contributed by atoms with Gasteiger partial charge in [-0.05, 0) is 32.1 Å². The summed E-state index contributed by atoms with van der Waals surface area (Å²) in [4.78, 5) is 75.7. The van der Waals surface area contributed by atoms with Gasteiger partial charge in [-0.15, -0.1) is 0 Å². The number of rotatable bonds is 44. The van der Waals surface area contributed by atoms with E-state index in [9.17, 15) is 28.8 Å². The van der Waals surface area contributed by atoms with E-state index < -0.39 is 23.8 Å². The topological polar surface area (TPSA) is 170 Å². The molecule has 1 rings (SSSR count). The average Bonchev–Trinajstić information content (AvgIpc) is 3.26. The second-order valence-electron chi connectivity index (χ2n) is 18.1. The van der Waals surface area contributed by atoms with Crippen molar-refractivity contribution < 1.29 is 57.2 Å². The molecule has 0 spiro atoms. The molecule has 1 aliphatic rings. The lowest BCUT2D eigenvalue weighted by Gasteiger charge is -2.36. The summed E-state index contributed by atoms with van der Waals surface area (Å²) in [5.41, 5.74) is 0. The maximum Gasteiger partial charge on any atom is 0.306 e. The number of carbonyl (C=O) groups is 6.